The summed E-state index contributed by atoms with van der Waals surface area (Å²) in [6, 6.07) is 0.302. The maximum Gasteiger partial charge on any atom is 0.321 e. The summed E-state index contributed by atoms with van der Waals surface area (Å²) in [5.74, 6) is 1.11. The number of aromatic nitrogens is 5. The highest BCUT2D eigenvalue weighted by Crippen LogP contribution is 2.25. The number of anilines is 1. The summed E-state index contributed by atoms with van der Waals surface area (Å²) < 4.78 is 6.97. The normalized spacial score (nSPS) is 10.7. The molecule has 0 amide bonds. The molecule has 0 fully saturated rings. The minimum atomic E-state index is 0.302. The Balaban J connectivity index is 2.49. The Labute approximate surface area is 118 Å². The van der Waals surface area contributed by atoms with Crippen molar-refractivity contribution in [1.82, 2.24) is 24.7 Å². The van der Waals surface area contributed by atoms with Crippen LogP contribution in [0.2, 0.25) is 0 Å². The highest BCUT2D eigenvalue weighted by molar-refractivity contribution is 5.62. The predicted octanol–water partition coefficient (Wildman–Crippen LogP) is 1.72. The molecule has 2 rings (SSSR count). The third-order valence-corrected chi connectivity index (χ3v) is 3.06. The minimum Gasteiger partial charge on any atom is -0.467 e. The Hall–Kier alpha value is -2.18. The molecular formula is C13H20N6O. The molecule has 2 aromatic heterocycles. The van der Waals surface area contributed by atoms with E-state index in [1.807, 2.05) is 25.6 Å². The van der Waals surface area contributed by atoms with E-state index in [0.717, 1.165) is 29.9 Å². The maximum atomic E-state index is 5.15. The molecule has 7 nitrogen and oxygen atoms in total. The van der Waals surface area contributed by atoms with Gasteiger partial charge in [0.1, 0.15) is 0 Å². The molecule has 0 atom stereocenters. The van der Waals surface area contributed by atoms with Crippen LogP contribution in [0.1, 0.15) is 24.7 Å². The highest BCUT2D eigenvalue weighted by Gasteiger charge is 2.17. The van der Waals surface area contributed by atoms with Gasteiger partial charge in [0.15, 0.2) is 5.82 Å². The largest absolute Gasteiger partial charge is 0.467 e. The first-order valence-corrected chi connectivity index (χ1v) is 6.61. The van der Waals surface area contributed by atoms with E-state index >= 15 is 0 Å². The molecule has 20 heavy (non-hydrogen) atoms. The van der Waals surface area contributed by atoms with Gasteiger partial charge >= 0.3 is 6.01 Å². The summed E-state index contributed by atoms with van der Waals surface area (Å²) in [6.07, 6.45) is 0.994. The zero-order chi connectivity index (χ0) is 14.7. The van der Waals surface area contributed by atoms with Gasteiger partial charge in [0, 0.05) is 19.3 Å². The van der Waals surface area contributed by atoms with Crippen molar-refractivity contribution in [2.24, 2.45) is 7.05 Å². The maximum absolute atomic E-state index is 5.15. The number of nitrogens with zero attached hydrogens (tertiary/aromatic N) is 5. The fourth-order valence-electron chi connectivity index (χ4n) is 1.97. The second-order valence-corrected chi connectivity index (χ2v) is 4.57. The van der Waals surface area contributed by atoms with Gasteiger partial charge in [-0.1, -0.05) is 6.92 Å². The van der Waals surface area contributed by atoms with Crippen LogP contribution in [0.4, 0.5) is 5.95 Å². The third-order valence-electron chi connectivity index (χ3n) is 3.06. The quantitative estimate of drug-likeness (QED) is 0.896. The number of aryl methyl sites for hydroxylation is 2. The van der Waals surface area contributed by atoms with Crippen molar-refractivity contribution in [3.8, 4) is 17.4 Å². The lowest BCUT2D eigenvalue weighted by Gasteiger charge is -2.07. The Morgan fingerprint density at radius 1 is 1.20 bits per heavy atom. The molecule has 7 heteroatoms. The van der Waals surface area contributed by atoms with Crippen molar-refractivity contribution in [2.75, 3.05) is 19.0 Å². The molecule has 0 bridgehead atoms. The van der Waals surface area contributed by atoms with Crippen molar-refractivity contribution in [1.29, 1.82) is 0 Å². The van der Waals surface area contributed by atoms with E-state index in [1.165, 1.54) is 0 Å². The number of rotatable bonds is 5. The van der Waals surface area contributed by atoms with Crippen molar-refractivity contribution in [3.05, 3.63) is 11.4 Å². The Kier molecular flexibility index (Phi) is 4.16. The molecule has 0 spiro atoms. The van der Waals surface area contributed by atoms with Gasteiger partial charge in [-0.2, -0.15) is 20.1 Å². The minimum absolute atomic E-state index is 0.302. The highest BCUT2D eigenvalue weighted by atomic mass is 16.5. The first-order valence-electron chi connectivity index (χ1n) is 6.61. The van der Waals surface area contributed by atoms with E-state index in [0.29, 0.717) is 17.8 Å². The molecule has 2 aromatic rings. The van der Waals surface area contributed by atoms with Crippen LogP contribution in [0.25, 0.3) is 11.4 Å². The monoisotopic (exact) mass is 276 g/mol. The Morgan fingerprint density at radius 2 is 1.95 bits per heavy atom. The molecule has 0 unspecified atom stereocenters. The van der Waals surface area contributed by atoms with E-state index < -0.39 is 0 Å². The van der Waals surface area contributed by atoms with Crippen molar-refractivity contribution in [3.63, 3.8) is 0 Å². The summed E-state index contributed by atoms with van der Waals surface area (Å²) in [4.78, 5) is 13.0. The van der Waals surface area contributed by atoms with Gasteiger partial charge in [-0.25, -0.2) is 0 Å². The summed E-state index contributed by atoms with van der Waals surface area (Å²) in [6.45, 7) is 6.82. The van der Waals surface area contributed by atoms with Crippen LogP contribution in [0.3, 0.4) is 0 Å². The second kappa shape index (κ2) is 5.85. The van der Waals surface area contributed by atoms with Crippen molar-refractivity contribution in [2.45, 2.75) is 27.2 Å². The molecule has 0 aromatic carbocycles. The van der Waals surface area contributed by atoms with E-state index in [2.05, 4.69) is 32.3 Å². The summed E-state index contributed by atoms with van der Waals surface area (Å²) in [5, 5.41) is 7.54. The van der Waals surface area contributed by atoms with Gasteiger partial charge in [0.25, 0.3) is 0 Å². The van der Waals surface area contributed by atoms with Crippen LogP contribution in [-0.2, 0) is 7.05 Å². The fourth-order valence-corrected chi connectivity index (χ4v) is 1.97. The Bertz CT molecular complexity index is 607. The lowest BCUT2D eigenvalue weighted by atomic mass is 10.2. The SMILES string of the molecule is CCCNc1nc(OC)nc(-c2c(C)nn(C)c2C)n1. The van der Waals surface area contributed by atoms with Crippen molar-refractivity contribution >= 4 is 5.95 Å². The topological polar surface area (TPSA) is 77.8 Å². The van der Waals surface area contributed by atoms with Gasteiger partial charge in [-0.3, -0.25) is 4.68 Å². The summed E-state index contributed by atoms with van der Waals surface area (Å²) in [7, 11) is 3.45. The van der Waals surface area contributed by atoms with Crippen LogP contribution in [0.15, 0.2) is 0 Å². The van der Waals surface area contributed by atoms with Crippen LogP contribution >= 0.6 is 0 Å². The summed E-state index contributed by atoms with van der Waals surface area (Å²) >= 11 is 0. The van der Waals surface area contributed by atoms with Crippen LogP contribution < -0.4 is 10.1 Å². The first-order chi connectivity index (χ1) is 9.56. The smallest absolute Gasteiger partial charge is 0.321 e. The number of methoxy groups -OCH3 is 1. The van der Waals surface area contributed by atoms with Gasteiger partial charge in [0.2, 0.25) is 5.95 Å². The molecular weight excluding hydrogens is 256 g/mol. The average Bonchev–Trinajstić information content (AvgIpc) is 2.69. The van der Waals surface area contributed by atoms with Crippen LogP contribution in [0, 0.1) is 13.8 Å². The van der Waals surface area contributed by atoms with E-state index in [1.54, 1.807) is 7.11 Å². The van der Waals surface area contributed by atoms with Crippen molar-refractivity contribution < 1.29 is 4.74 Å². The van der Waals surface area contributed by atoms with Crippen LogP contribution in [0.5, 0.6) is 6.01 Å². The van der Waals surface area contributed by atoms with E-state index in [4.69, 9.17) is 4.74 Å². The predicted molar refractivity (Wildman–Crippen MR) is 76.8 cm³/mol. The molecule has 0 aliphatic rings. The molecule has 108 valence electrons. The molecule has 0 saturated carbocycles. The van der Waals surface area contributed by atoms with Gasteiger partial charge in [-0.15, -0.1) is 0 Å². The molecule has 2 heterocycles. The van der Waals surface area contributed by atoms with Gasteiger partial charge < -0.3 is 10.1 Å². The number of ether oxygens (including phenoxy) is 1. The van der Waals surface area contributed by atoms with Gasteiger partial charge in [-0.05, 0) is 20.3 Å². The van der Waals surface area contributed by atoms with Gasteiger partial charge in [0.05, 0.1) is 18.4 Å². The first kappa shape index (κ1) is 14.2. The molecule has 0 aliphatic carbocycles. The second-order valence-electron chi connectivity index (χ2n) is 4.57. The lowest BCUT2D eigenvalue weighted by molar-refractivity contribution is 0.379. The molecule has 0 saturated heterocycles. The standard InChI is InChI=1S/C13H20N6O/c1-6-7-14-12-15-11(16-13(17-12)20-5)10-8(2)18-19(4)9(10)3/h6-7H2,1-5H3,(H,14,15,16,17). The fraction of sp³-hybridized carbons (Fsp3) is 0.538. The molecule has 1 N–H and O–H groups in total. The average molecular weight is 276 g/mol. The third kappa shape index (κ3) is 2.71. The number of hydrogen-bond donors (Lipinski definition) is 1. The lowest BCUT2D eigenvalue weighted by Crippen LogP contribution is -2.08. The zero-order valence-corrected chi connectivity index (χ0v) is 12.6. The molecule has 0 aliphatic heterocycles. The van der Waals surface area contributed by atoms with E-state index in [-0.39, 0.29) is 0 Å². The molecule has 0 radical (unpaired) electrons. The zero-order valence-electron chi connectivity index (χ0n) is 12.6. The van der Waals surface area contributed by atoms with E-state index in [9.17, 15) is 0 Å². The number of nitrogens with one attached hydrogen (secondary N) is 1. The number of hydrogen-bond acceptors (Lipinski definition) is 6. The van der Waals surface area contributed by atoms with Crippen LogP contribution in [-0.4, -0.2) is 38.4 Å². The summed E-state index contributed by atoms with van der Waals surface area (Å²) in [5.41, 5.74) is 2.82. The Morgan fingerprint density at radius 3 is 2.50 bits per heavy atom.